The number of amides is 1. The Balaban J connectivity index is 1.68. The highest BCUT2D eigenvalue weighted by molar-refractivity contribution is 6.13. The van der Waals surface area contributed by atoms with Crippen LogP contribution in [0.25, 0.3) is 16.8 Å². The molecule has 2 aromatic carbocycles. The van der Waals surface area contributed by atoms with E-state index in [9.17, 15) is 20.1 Å². The van der Waals surface area contributed by atoms with Crippen LogP contribution in [0.4, 0.5) is 0 Å². The van der Waals surface area contributed by atoms with E-state index in [1.807, 2.05) is 42.5 Å². The van der Waals surface area contributed by atoms with E-state index in [1.165, 1.54) is 0 Å². The number of hydrogen-bond donors (Lipinski definition) is 6. The Kier molecular flexibility index (Phi) is 6.12. The van der Waals surface area contributed by atoms with Crippen molar-refractivity contribution in [1.29, 1.82) is 0 Å². The second-order valence-electron chi connectivity index (χ2n) is 6.17. The van der Waals surface area contributed by atoms with Crippen molar-refractivity contribution in [2.75, 3.05) is 6.61 Å². The van der Waals surface area contributed by atoms with Gasteiger partial charge in [-0.1, -0.05) is 36.4 Å². The average Bonchev–Trinajstić information content (AvgIpc) is 3.05. The van der Waals surface area contributed by atoms with Crippen molar-refractivity contribution in [2.45, 2.75) is 18.3 Å². The third-order valence-electron chi connectivity index (χ3n) is 4.10. The highest BCUT2D eigenvalue weighted by Gasteiger charge is 2.23. The number of aliphatic imine (C=N–C) groups is 1. The van der Waals surface area contributed by atoms with E-state index in [0.717, 1.165) is 22.6 Å². The summed E-state index contributed by atoms with van der Waals surface area (Å²) in [4.78, 5) is 16.1. The molecule has 1 heterocycles. The maximum absolute atomic E-state index is 12.0. The van der Waals surface area contributed by atoms with Crippen LogP contribution in [0.3, 0.4) is 0 Å². The molecule has 3 atom stereocenters. The lowest BCUT2D eigenvalue weighted by Gasteiger charge is -2.17. The second-order valence-corrected chi connectivity index (χ2v) is 6.17. The minimum absolute atomic E-state index is 0.0534. The first kappa shape index (κ1) is 19.6. The van der Waals surface area contributed by atoms with Gasteiger partial charge >= 0.3 is 0 Å². The number of guanidine groups is 1. The molecule has 146 valence electrons. The normalized spacial score (nSPS) is 18.9. The van der Waals surface area contributed by atoms with Gasteiger partial charge in [-0.05, 0) is 28.5 Å². The van der Waals surface area contributed by atoms with E-state index in [2.05, 4.69) is 20.8 Å². The molecule has 0 bridgehead atoms. The minimum atomic E-state index is -1.60. The van der Waals surface area contributed by atoms with Crippen LogP contribution in [0.5, 0.6) is 0 Å². The summed E-state index contributed by atoms with van der Waals surface area (Å²) in [6, 6.07) is 13.6. The third kappa shape index (κ3) is 4.59. The first-order valence-electron chi connectivity index (χ1n) is 8.52. The van der Waals surface area contributed by atoms with E-state index >= 15 is 0 Å². The summed E-state index contributed by atoms with van der Waals surface area (Å²) in [5.74, 6) is -0.361. The number of hydrazone groups is 1. The molecule has 2 aromatic rings. The van der Waals surface area contributed by atoms with E-state index in [-0.39, 0.29) is 11.7 Å². The molecule has 6 N–H and O–H groups in total. The van der Waals surface area contributed by atoms with Crippen LogP contribution in [0, 0.1) is 0 Å². The number of aliphatic hydroxyl groups is 4. The Bertz CT molecular complexity index is 956. The number of carbonyl (C=O) groups excluding carboxylic acids is 1. The van der Waals surface area contributed by atoms with Gasteiger partial charge < -0.3 is 20.4 Å². The molecule has 1 aliphatic heterocycles. The highest BCUT2D eigenvalue weighted by Crippen LogP contribution is 2.18. The van der Waals surface area contributed by atoms with Gasteiger partial charge in [-0.15, -0.1) is 0 Å². The number of carbonyl (C=O) groups is 1. The zero-order chi connectivity index (χ0) is 20.1. The van der Waals surface area contributed by atoms with Crippen LogP contribution in [-0.2, 0) is 4.79 Å². The molecule has 0 fully saturated rings. The Morgan fingerprint density at radius 3 is 2.64 bits per heavy atom. The van der Waals surface area contributed by atoms with Crippen molar-refractivity contribution < 1.29 is 25.2 Å². The number of rotatable bonds is 6. The van der Waals surface area contributed by atoms with Crippen LogP contribution in [0.1, 0.15) is 5.56 Å². The number of nitrogens with zero attached hydrogens (tertiary/aromatic N) is 2. The first-order chi connectivity index (χ1) is 13.5. The lowest BCUT2D eigenvalue weighted by atomic mass is 10.1. The third-order valence-corrected chi connectivity index (χ3v) is 4.10. The molecule has 3 rings (SSSR count). The molecule has 1 amide bonds. The molecular formula is C19H20N4O5. The highest BCUT2D eigenvalue weighted by atomic mass is 16.4. The molecule has 0 radical (unpaired) electrons. The average molecular weight is 384 g/mol. The van der Waals surface area contributed by atoms with Gasteiger partial charge in [0.2, 0.25) is 5.96 Å². The van der Waals surface area contributed by atoms with Crippen LogP contribution < -0.4 is 10.7 Å². The molecule has 28 heavy (non-hydrogen) atoms. The topological polar surface area (TPSA) is 147 Å². The Morgan fingerprint density at radius 2 is 1.89 bits per heavy atom. The van der Waals surface area contributed by atoms with E-state index in [1.54, 1.807) is 6.08 Å². The number of benzene rings is 2. The summed E-state index contributed by atoms with van der Waals surface area (Å²) in [6.07, 6.45) is -2.06. The fraction of sp³-hybridized carbons (Fsp3) is 0.211. The molecular weight excluding hydrogens is 364 g/mol. The van der Waals surface area contributed by atoms with Crippen molar-refractivity contribution in [3.05, 3.63) is 53.7 Å². The standard InChI is InChI=1S/C19H20N4O5/c24-10-16(26)17(27)15(25)9-20-23-19-21-14(18(28)22-19)8-11-5-6-12-3-1-2-4-13(12)7-11/h1-9,15-17,24-27H,10H2,(H2,21,22,23,28)/b14-8-,20-9+/t15-,16-,17+/m0/s1. The fourth-order valence-electron chi connectivity index (χ4n) is 2.58. The summed E-state index contributed by atoms with van der Waals surface area (Å²) < 4.78 is 0. The monoisotopic (exact) mass is 384 g/mol. The van der Waals surface area contributed by atoms with Crippen LogP contribution in [0.2, 0.25) is 0 Å². The predicted octanol–water partition coefficient (Wildman–Crippen LogP) is -0.683. The number of nitrogens with one attached hydrogen (secondary N) is 2. The van der Waals surface area contributed by atoms with Gasteiger partial charge in [0.1, 0.15) is 24.0 Å². The van der Waals surface area contributed by atoms with Gasteiger partial charge in [0.25, 0.3) is 5.91 Å². The van der Waals surface area contributed by atoms with Gasteiger partial charge in [-0.25, -0.2) is 10.4 Å². The van der Waals surface area contributed by atoms with Gasteiger partial charge in [0.05, 0.1) is 12.8 Å². The van der Waals surface area contributed by atoms with Gasteiger partial charge in [0, 0.05) is 0 Å². The summed E-state index contributed by atoms with van der Waals surface area (Å²) in [7, 11) is 0. The summed E-state index contributed by atoms with van der Waals surface area (Å²) in [5.41, 5.74) is 3.43. The van der Waals surface area contributed by atoms with Gasteiger partial charge in [-0.2, -0.15) is 5.10 Å². The summed E-state index contributed by atoms with van der Waals surface area (Å²) >= 11 is 0. The van der Waals surface area contributed by atoms with Gasteiger partial charge in [0.15, 0.2) is 0 Å². The molecule has 0 saturated heterocycles. The molecule has 0 aliphatic carbocycles. The summed E-state index contributed by atoms with van der Waals surface area (Å²) in [6.45, 7) is -0.703. The fourth-order valence-corrected chi connectivity index (χ4v) is 2.58. The van der Waals surface area contributed by atoms with Crippen LogP contribution in [0.15, 0.2) is 58.3 Å². The van der Waals surface area contributed by atoms with E-state index in [4.69, 9.17) is 5.11 Å². The smallest absolute Gasteiger partial charge is 0.276 e. The minimum Gasteiger partial charge on any atom is -0.394 e. The maximum Gasteiger partial charge on any atom is 0.276 e. The first-order valence-corrected chi connectivity index (χ1v) is 8.52. The molecule has 9 nitrogen and oxygen atoms in total. The zero-order valence-corrected chi connectivity index (χ0v) is 14.7. The van der Waals surface area contributed by atoms with Crippen molar-refractivity contribution in [3.8, 4) is 0 Å². The maximum atomic E-state index is 12.0. The predicted molar refractivity (Wildman–Crippen MR) is 104 cm³/mol. The summed E-state index contributed by atoms with van der Waals surface area (Å²) in [5, 5.41) is 45.4. The molecule has 9 heteroatoms. The molecule has 1 aliphatic rings. The number of aliphatic hydroxyl groups excluding tert-OH is 4. The molecule has 0 aromatic heterocycles. The number of hydrogen-bond acceptors (Lipinski definition) is 8. The largest absolute Gasteiger partial charge is 0.394 e. The molecule has 0 saturated carbocycles. The Morgan fingerprint density at radius 1 is 1.14 bits per heavy atom. The zero-order valence-electron chi connectivity index (χ0n) is 14.7. The van der Waals surface area contributed by atoms with Crippen molar-refractivity contribution in [3.63, 3.8) is 0 Å². The SMILES string of the molecule is O=C1NC(N/N=C/[C@H](O)[C@@H](O)[C@@H](O)CO)=N/C1=C\c1ccc2ccccc2c1. The molecule has 0 spiro atoms. The quantitative estimate of drug-likeness (QED) is 0.221. The van der Waals surface area contributed by atoms with E-state index < -0.39 is 30.8 Å². The van der Waals surface area contributed by atoms with Gasteiger partial charge in [-0.3, -0.25) is 10.1 Å². The van der Waals surface area contributed by atoms with E-state index in [0.29, 0.717) is 0 Å². The lowest BCUT2D eigenvalue weighted by molar-refractivity contribution is -0.115. The molecule has 0 unspecified atom stereocenters. The van der Waals surface area contributed by atoms with Crippen molar-refractivity contribution in [1.82, 2.24) is 10.7 Å². The van der Waals surface area contributed by atoms with Crippen molar-refractivity contribution >= 4 is 34.9 Å². The van der Waals surface area contributed by atoms with Crippen LogP contribution >= 0.6 is 0 Å². The van der Waals surface area contributed by atoms with Crippen molar-refractivity contribution in [2.24, 2.45) is 10.1 Å². The van der Waals surface area contributed by atoms with Crippen LogP contribution in [-0.4, -0.2) is 63.4 Å². The number of fused-ring (bicyclic) bond motifs is 1. The second kappa shape index (κ2) is 8.72. The lowest BCUT2D eigenvalue weighted by Crippen LogP contribution is -2.41. The Hall–Kier alpha value is -3.11. The Labute approximate surface area is 160 Å².